The predicted octanol–water partition coefficient (Wildman–Crippen LogP) is 0.806. The Hall–Kier alpha value is -1.92. The molecule has 0 aliphatic heterocycles. The zero-order chi connectivity index (χ0) is 13.3. The van der Waals surface area contributed by atoms with Crippen LogP contribution in [-0.4, -0.2) is 21.6 Å². The lowest BCUT2D eigenvalue weighted by molar-refractivity contribution is 0.765. The van der Waals surface area contributed by atoms with Gasteiger partial charge in [-0.1, -0.05) is 11.6 Å². The van der Waals surface area contributed by atoms with E-state index in [1.165, 1.54) is 9.58 Å². The molecule has 18 heavy (non-hydrogen) atoms. The minimum atomic E-state index is -0.415. The Bertz CT molecular complexity index is 620. The highest BCUT2D eigenvalue weighted by molar-refractivity contribution is 6.30. The smallest absolute Gasteiger partial charge is 0.282 e. The fourth-order valence-electron chi connectivity index (χ4n) is 1.46. The molecule has 7 heteroatoms. The number of hydrazine groups is 1. The summed E-state index contributed by atoms with van der Waals surface area (Å²) in [6.45, 7) is 0. The first-order chi connectivity index (χ1) is 8.49. The molecule has 1 aromatic heterocycles. The second-order valence-electron chi connectivity index (χ2n) is 3.81. The minimum absolute atomic E-state index is 0.169. The molecule has 0 spiro atoms. The molecule has 1 heterocycles. The van der Waals surface area contributed by atoms with Crippen LogP contribution in [0.1, 0.15) is 0 Å². The molecular weight excluding hydrogens is 254 g/mol. The van der Waals surface area contributed by atoms with Crippen LogP contribution in [0.15, 0.2) is 29.1 Å². The highest BCUT2D eigenvalue weighted by atomic mass is 35.5. The van der Waals surface area contributed by atoms with Crippen molar-refractivity contribution in [1.29, 1.82) is 0 Å². The van der Waals surface area contributed by atoms with Crippen LogP contribution in [0, 0.1) is 0 Å². The van der Waals surface area contributed by atoms with Crippen molar-refractivity contribution in [2.45, 2.75) is 0 Å². The number of anilines is 1. The molecule has 0 bridgehead atoms. The maximum Gasteiger partial charge on any atom is 0.352 e. The Morgan fingerprint density at radius 1 is 1.28 bits per heavy atom. The number of rotatable bonds is 2. The van der Waals surface area contributed by atoms with Crippen LogP contribution >= 0.6 is 11.6 Å². The number of aromatic nitrogens is 3. The van der Waals surface area contributed by atoms with Crippen molar-refractivity contribution in [2.75, 3.05) is 12.1 Å². The van der Waals surface area contributed by atoms with Gasteiger partial charge < -0.3 is 0 Å². The molecule has 94 valence electrons. The lowest BCUT2D eigenvalue weighted by Gasteiger charge is -2.12. The molecule has 2 rings (SSSR count). The van der Waals surface area contributed by atoms with Crippen molar-refractivity contribution in [3.63, 3.8) is 0 Å². The average Bonchev–Trinajstić information content (AvgIpc) is 2.33. The first-order valence-electron chi connectivity index (χ1n) is 5.18. The molecular formula is C11H12ClN5O. The highest BCUT2D eigenvalue weighted by Gasteiger charge is 2.10. The SMILES string of the molecule is CN(N)c1nc(-c2ccc(Cl)cc2)n(C)c(=O)n1. The Labute approximate surface area is 109 Å². The summed E-state index contributed by atoms with van der Waals surface area (Å²) in [6, 6.07) is 7.03. The van der Waals surface area contributed by atoms with Gasteiger partial charge in [-0.3, -0.25) is 9.58 Å². The lowest BCUT2D eigenvalue weighted by atomic mass is 10.2. The highest BCUT2D eigenvalue weighted by Crippen LogP contribution is 2.19. The maximum atomic E-state index is 11.7. The molecule has 1 aromatic carbocycles. The predicted molar refractivity (Wildman–Crippen MR) is 70.3 cm³/mol. The quantitative estimate of drug-likeness (QED) is 0.642. The van der Waals surface area contributed by atoms with Gasteiger partial charge in [-0.05, 0) is 24.3 Å². The van der Waals surface area contributed by atoms with E-state index < -0.39 is 5.69 Å². The zero-order valence-corrected chi connectivity index (χ0v) is 10.7. The molecule has 0 radical (unpaired) electrons. The Morgan fingerprint density at radius 2 is 1.89 bits per heavy atom. The first kappa shape index (κ1) is 12.5. The van der Waals surface area contributed by atoms with Gasteiger partial charge in [0.05, 0.1) is 0 Å². The van der Waals surface area contributed by atoms with Crippen molar-refractivity contribution in [3.05, 3.63) is 39.8 Å². The van der Waals surface area contributed by atoms with Crippen molar-refractivity contribution in [2.24, 2.45) is 12.9 Å². The fourth-order valence-corrected chi connectivity index (χ4v) is 1.59. The van der Waals surface area contributed by atoms with Crippen molar-refractivity contribution < 1.29 is 0 Å². The number of halogens is 1. The van der Waals surface area contributed by atoms with Gasteiger partial charge in [-0.2, -0.15) is 9.97 Å². The summed E-state index contributed by atoms with van der Waals surface area (Å²) in [5, 5.41) is 1.81. The standard InChI is InChI=1S/C11H12ClN5O/c1-16-9(7-3-5-8(12)6-4-7)14-10(17(2)13)15-11(16)18/h3-6H,13H2,1-2H3. The second kappa shape index (κ2) is 4.75. The van der Waals surface area contributed by atoms with Gasteiger partial charge in [0.25, 0.3) is 0 Å². The van der Waals surface area contributed by atoms with E-state index in [2.05, 4.69) is 9.97 Å². The van der Waals surface area contributed by atoms with E-state index in [0.29, 0.717) is 10.8 Å². The maximum absolute atomic E-state index is 11.7. The molecule has 0 amide bonds. The topological polar surface area (TPSA) is 77.0 Å². The number of hydrogen-bond acceptors (Lipinski definition) is 5. The van der Waals surface area contributed by atoms with Crippen molar-refractivity contribution in [1.82, 2.24) is 14.5 Å². The Kier molecular flexibility index (Phi) is 3.31. The number of hydrogen-bond donors (Lipinski definition) is 1. The summed E-state index contributed by atoms with van der Waals surface area (Å²) in [6.07, 6.45) is 0. The molecule has 2 N–H and O–H groups in total. The van der Waals surface area contributed by atoms with Crippen LogP contribution in [0.2, 0.25) is 5.02 Å². The summed E-state index contributed by atoms with van der Waals surface area (Å²) >= 11 is 5.82. The number of nitrogens with zero attached hydrogens (tertiary/aromatic N) is 4. The van der Waals surface area contributed by atoms with Gasteiger partial charge in [0, 0.05) is 24.7 Å². The molecule has 0 aliphatic rings. The van der Waals surface area contributed by atoms with Crippen molar-refractivity contribution >= 4 is 17.5 Å². The van der Waals surface area contributed by atoms with Gasteiger partial charge in [0.1, 0.15) is 5.82 Å². The van der Waals surface area contributed by atoms with Crippen LogP contribution in [0.5, 0.6) is 0 Å². The van der Waals surface area contributed by atoms with E-state index in [1.807, 2.05) is 0 Å². The van der Waals surface area contributed by atoms with E-state index in [1.54, 1.807) is 38.4 Å². The third-order valence-corrected chi connectivity index (χ3v) is 2.68. The molecule has 0 fully saturated rings. The van der Waals surface area contributed by atoms with Gasteiger partial charge in [0.15, 0.2) is 0 Å². The van der Waals surface area contributed by atoms with Gasteiger partial charge >= 0.3 is 5.69 Å². The summed E-state index contributed by atoms with van der Waals surface area (Å²) < 4.78 is 1.36. The van der Waals surface area contributed by atoms with Crippen LogP contribution < -0.4 is 16.5 Å². The second-order valence-corrected chi connectivity index (χ2v) is 4.24. The minimum Gasteiger partial charge on any atom is -0.282 e. The van der Waals surface area contributed by atoms with Crippen LogP contribution in [0.3, 0.4) is 0 Å². The monoisotopic (exact) mass is 265 g/mol. The Balaban J connectivity index is 2.63. The molecule has 6 nitrogen and oxygen atoms in total. The van der Waals surface area contributed by atoms with Crippen molar-refractivity contribution in [3.8, 4) is 11.4 Å². The van der Waals surface area contributed by atoms with E-state index in [-0.39, 0.29) is 5.95 Å². The van der Waals surface area contributed by atoms with E-state index >= 15 is 0 Å². The van der Waals surface area contributed by atoms with Crippen LogP contribution in [0.4, 0.5) is 5.95 Å². The van der Waals surface area contributed by atoms with E-state index in [9.17, 15) is 4.79 Å². The average molecular weight is 266 g/mol. The summed E-state index contributed by atoms with van der Waals surface area (Å²) in [7, 11) is 3.17. The third-order valence-electron chi connectivity index (χ3n) is 2.42. The normalized spacial score (nSPS) is 10.4. The van der Waals surface area contributed by atoms with Crippen LogP contribution in [-0.2, 0) is 7.05 Å². The van der Waals surface area contributed by atoms with Gasteiger partial charge in [-0.15, -0.1) is 0 Å². The number of benzene rings is 1. The summed E-state index contributed by atoms with van der Waals surface area (Å²) in [5.41, 5.74) is 0.353. The molecule has 0 saturated carbocycles. The fraction of sp³-hybridized carbons (Fsp3) is 0.182. The molecule has 0 saturated heterocycles. The first-order valence-corrected chi connectivity index (χ1v) is 5.56. The molecule has 0 aliphatic carbocycles. The third kappa shape index (κ3) is 2.34. The number of nitrogens with two attached hydrogens (primary N) is 1. The molecule has 2 aromatic rings. The summed E-state index contributed by atoms with van der Waals surface area (Å²) in [5.74, 6) is 6.20. The Morgan fingerprint density at radius 3 is 2.44 bits per heavy atom. The van der Waals surface area contributed by atoms with Gasteiger partial charge in [-0.25, -0.2) is 10.6 Å². The molecule has 0 unspecified atom stereocenters. The largest absolute Gasteiger partial charge is 0.352 e. The lowest BCUT2D eigenvalue weighted by Crippen LogP contribution is -2.32. The summed E-state index contributed by atoms with van der Waals surface area (Å²) in [4.78, 5) is 19.7. The zero-order valence-electron chi connectivity index (χ0n) is 9.96. The van der Waals surface area contributed by atoms with E-state index in [0.717, 1.165) is 5.56 Å². The van der Waals surface area contributed by atoms with E-state index in [4.69, 9.17) is 17.4 Å². The van der Waals surface area contributed by atoms with Gasteiger partial charge in [0.2, 0.25) is 5.95 Å². The molecule has 0 atom stereocenters. The van der Waals surface area contributed by atoms with Crippen LogP contribution in [0.25, 0.3) is 11.4 Å².